The van der Waals surface area contributed by atoms with Gasteiger partial charge in [0.1, 0.15) is 5.72 Å². The lowest BCUT2D eigenvalue weighted by molar-refractivity contribution is 0.0309. The number of aliphatic hydroxyl groups is 1. The highest BCUT2D eigenvalue weighted by atomic mass is 16.3. The predicted molar refractivity (Wildman–Crippen MR) is 88.3 cm³/mol. The second-order valence-electron chi connectivity index (χ2n) is 6.07. The standard InChI is InChI=1S/C17H19N5O/c23-17(9-4-1-5-10-17)21-16-18-11-8-15(20-16)22-14-7-3-2-6-13(14)12-19-22/h2-3,6-8,11-12,23H,1,4-5,9-10H2,(H,18,20,21). The van der Waals surface area contributed by atoms with Crippen LogP contribution in [0.1, 0.15) is 32.1 Å². The summed E-state index contributed by atoms with van der Waals surface area (Å²) in [5, 5.41) is 19.2. The Balaban J connectivity index is 1.66. The van der Waals surface area contributed by atoms with Gasteiger partial charge < -0.3 is 10.4 Å². The Morgan fingerprint density at radius 1 is 1.09 bits per heavy atom. The molecule has 1 saturated carbocycles. The third-order valence-electron chi connectivity index (χ3n) is 4.36. The van der Waals surface area contributed by atoms with Crippen molar-refractivity contribution in [2.75, 3.05) is 5.32 Å². The second-order valence-corrected chi connectivity index (χ2v) is 6.07. The van der Waals surface area contributed by atoms with E-state index in [4.69, 9.17) is 0 Å². The molecule has 118 valence electrons. The van der Waals surface area contributed by atoms with Crippen molar-refractivity contribution in [1.29, 1.82) is 0 Å². The normalized spacial score (nSPS) is 17.3. The SMILES string of the molecule is OC1(Nc2nccc(-n3ncc4ccccc43)n2)CCCCC1. The number of hydrogen-bond acceptors (Lipinski definition) is 5. The summed E-state index contributed by atoms with van der Waals surface area (Å²) in [7, 11) is 0. The van der Waals surface area contributed by atoms with Crippen LogP contribution in [-0.4, -0.2) is 30.6 Å². The number of aromatic nitrogens is 4. The van der Waals surface area contributed by atoms with Crippen molar-refractivity contribution in [2.45, 2.75) is 37.8 Å². The quantitative estimate of drug-likeness (QED) is 0.728. The molecule has 1 fully saturated rings. The van der Waals surface area contributed by atoms with Crippen LogP contribution in [0.3, 0.4) is 0 Å². The fourth-order valence-corrected chi connectivity index (χ4v) is 3.15. The average molecular weight is 309 g/mol. The maximum absolute atomic E-state index is 10.6. The zero-order chi connectivity index (χ0) is 15.7. The zero-order valence-electron chi connectivity index (χ0n) is 12.8. The Labute approximate surface area is 134 Å². The van der Waals surface area contributed by atoms with Crippen LogP contribution >= 0.6 is 0 Å². The van der Waals surface area contributed by atoms with Gasteiger partial charge in [-0.2, -0.15) is 10.1 Å². The molecule has 0 atom stereocenters. The average Bonchev–Trinajstić information content (AvgIpc) is 2.99. The van der Waals surface area contributed by atoms with Crippen LogP contribution in [0, 0.1) is 0 Å². The van der Waals surface area contributed by atoms with Gasteiger partial charge in [-0.05, 0) is 31.7 Å². The number of rotatable bonds is 3. The molecule has 0 spiro atoms. The minimum absolute atomic E-state index is 0.437. The molecule has 3 aromatic rings. The molecule has 0 unspecified atom stereocenters. The van der Waals surface area contributed by atoms with E-state index in [1.54, 1.807) is 10.9 Å². The minimum Gasteiger partial charge on any atom is -0.371 e. The van der Waals surface area contributed by atoms with Crippen molar-refractivity contribution in [3.05, 3.63) is 42.7 Å². The van der Waals surface area contributed by atoms with Gasteiger partial charge in [-0.25, -0.2) is 9.67 Å². The summed E-state index contributed by atoms with van der Waals surface area (Å²) in [5.41, 5.74) is 0.0943. The Kier molecular flexibility index (Phi) is 3.46. The first-order valence-electron chi connectivity index (χ1n) is 8.00. The van der Waals surface area contributed by atoms with E-state index in [-0.39, 0.29) is 0 Å². The van der Waals surface area contributed by atoms with Crippen molar-refractivity contribution < 1.29 is 5.11 Å². The summed E-state index contributed by atoms with van der Waals surface area (Å²) in [4.78, 5) is 8.77. The molecule has 0 aliphatic heterocycles. The molecule has 0 amide bonds. The lowest BCUT2D eigenvalue weighted by atomic mass is 9.92. The molecule has 2 aromatic heterocycles. The number of anilines is 1. The summed E-state index contributed by atoms with van der Waals surface area (Å²) < 4.78 is 1.78. The molecular formula is C17H19N5O. The van der Waals surface area contributed by atoms with Gasteiger partial charge in [0.2, 0.25) is 5.95 Å². The number of nitrogens with zero attached hydrogens (tertiary/aromatic N) is 4. The molecule has 6 heteroatoms. The molecule has 0 radical (unpaired) electrons. The summed E-state index contributed by atoms with van der Waals surface area (Å²) in [5.74, 6) is 1.12. The van der Waals surface area contributed by atoms with Crippen molar-refractivity contribution in [2.24, 2.45) is 0 Å². The lowest BCUT2D eigenvalue weighted by Crippen LogP contribution is -2.40. The molecule has 0 saturated heterocycles. The molecule has 2 N–H and O–H groups in total. The highest BCUT2D eigenvalue weighted by Gasteiger charge is 2.29. The number of fused-ring (bicyclic) bond motifs is 1. The van der Waals surface area contributed by atoms with Crippen molar-refractivity contribution in [3.8, 4) is 5.82 Å². The molecule has 1 aromatic carbocycles. The summed E-state index contributed by atoms with van der Waals surface area (Å²) in [6.45, 7) is 0. The molecule has 2 heterocycles. The van der Waals surface area contributed by atoms with E-state index in [0.717, 1.165) is 36.6 Å². The third kappa shape index (κ3) is 2.77. The molecule has 4 rings (SSSR count). The van der Waals surface area contributed by atoms with Crippen molar-refractivity contribution in [3.63, 3.8) is 0 Å². The Morgan fingerprint density at radius 2 is 1.91 bits per heavy atom. The monoisotopic (exact) mass is 309 g/mol. The van der Waals surface area contributed by atoms with E-state index >= 15 is 0 Å². The van der Waals surface area contributed by atoms with Gasteiger partial charge in [0, 0.05) is 17.6 Å². The first kappa shape index (κ1) is 14.1. The highest BCUT2D eigenvalue weighted by molar-refractivity contribution is 5.79. The van der Waals surface area contributed by atoms with E-state index in [1.165, 1.54) is 6.42 Å². The molecule has 6 nitrogen and oxygen atoms in total. The van der Waals surface area contributed by atoms with Crippen molar-refractivity contribution >= 4 is 16.9 Å². The molecule has 1 aliphatic rings. The molecule has 0 bridgehead atoms. The van der Waals surface area contributed by atoms with Crippen LogP contribution in [0.15, 0.2) is 42.7 Å². The lowest BCUT2D eigenvalue weighted by Gasteiger charge is -2.32. The second kappa shape index (κ2) is 5.62. The summed E-state index contributed by atoms with van der Waals surface area (Å²) in [6.07, 6.45) is 8.17. The first-order chi connectivity index (χ1) is 11.2. The molecular weight excluding hydrogens is 290 g/mol. The minimum atomic E-state index is -0.900. The Morgan fingerprint density at radius 3 is 2.78 bits per heavy atom. The maximum atomic E-state index is 10.6. The fraction of sp³-hybridized carbons (Fsp3) is 0.353. The first-order valence-corrected chi connectivity index (χ1v) is 8.00. The number of nitrogens with one attached hydrogen (secondary N) is 1. The maximum Gasteiger partial charge on any atom is 0.226 e. The van der Waals surface area contributed by atoms with Crippen LogP contribution < -0.4 is 5.32 Å². The van der Waals surface area contributed by atoms with Gasteiger partial charge >= 0.3 is 0 Å². The highest BCUT2D eigenvalue weighted by Crippen LogP contribution is 2.28. The van der Waals surface area contributed by atoms with E-state index in [1.807, 2.05) is 36.5 Å². The summed E-state index contributed by atoms with van der Waals surface area (Å²) in [6, 6.07) is 9.80. The van der Waals surface area contributed by atoms with Gasteiger partial charge in [-0.3, -0.25) is 0 Å². The van der Waals surface area contributed by atoms with Gasteiger partial charge in [-0.15, -0.1) is 0 Å². The molecule has 23 heavy (non-hydrogen) atoms. The largest absolute Gasteiger partial charge is 0.371 e. The van der Waals surface area contributed by atoms with Crippen LogP contribution in [0.4, 0.5) is 5.95 Å². The fourth-order valence-electron chi connectivity index (χ4n) is 3.15. The van der Waals surface area contributed by atoms with E-state index < -0.39 is 5.72 Å². The van der Waals surface area contributed by atoms with Crippen LogP contribution in [-0.2, 0) is 0 Å². The van der Waals surface area contributed by atoms with Gasteiger partial charge in [0.15, 0.2) is 5.82 Å². The smallest absolute Gasteiger partial charge is 0.226 e. The van der Waals surface area contributed by atoms with E-state index in [2.05, 4.69) is 20.4 Å². The van der Waals surface area contributed by atoms with Crippen molar-refractivity contribution in [1.82, 2.24) is 19.7 Å². The van der Waals surface area contributed by atoms with E-state index in [9.17, 15) is 5.11 Å². The topological polar surface area (TPSA) is 75.9 Å². The third-order valence-corrected chi connectivity index (χ3v) is 4.36. The Hall–Kier alpha value is -2.47. The predicted octanol–water partition coefficient (Wildman–Crippen LogP) is 2.88. The molecule has 1 aliphatic carbocycles. The zero-order valence-corrected chi connectivity index (χ0v) is 12.8. The van der Waals surface area contributed by atoms with E-state index in [0.29, 0.717) is 11.8 Å². The summed E-state index contributed by atoms with van der Waals surface area (Å²) >= 11 is 0. The van der Waals surface area contributed by atoms with Gasteiger partial charge in [0.05, 0.1) is 11.7 Å². The number of benzene rings is 1. The van der Waals surface area contributed by atoms with Crippen LogP contribution in [0.2, 0.25) is 0 Å². The number of para-hydroxylation sites is 1. The van der Waals surface area contributed by atoms with Crippen LogP contribution in [0.5, 0.6) is 0 Å². The number of hydrogen-bond donors (Lipinski definition) is 2. The van der Waals surface area contributed by atoms with Gasteiger partial charge in [0.25, 0.3) is 0 Å². The Bertz CT molecular complexity index is 822. The van der Waals surface area contributed by atoms with Gasteiger partial charge in [-0.1, -0.05) is 24.6 Å². The van der Waals surface area contributed by atoms with Crippen LogP contribution in [0.25, 0.3) is 16.7 Å².